The summed E-state index contributed by atoms with van der Waals surface area (Å²) >= 11 is 1.70. The highest BCUT2D eigenvalue weighted by molar-refractivity contribution is 7.13. The maximum Gasteiger partial charge on any atom is 0.225 e. The van der Waals surface area contributed by atoms with Crippen LogP contribution in [0.2, 0.25) is 0 Å². The third-order valence-corrected chi connectivity index (χ3v) is 5.29. The van der Waals surface area contributed by atoms with E-state index in [9.17, 15) is 4.79 Å². The van der Waals surface area contributed by atoms with Crippen LogP contribution in [0.4, 0.5) is 0 Å². The topological polar surface area (TPSA) is 91.6 Å². The Hall–Kier alpha value is -2.48. The van der Waals surface area contributed by atoms with Gasteiger partial charge in [0.1, 0.15) is 5.69 Å². The van der Waals surface area contributed by atoms with Crippen molar-refractivity contribution < 1.29 is 4.79 Å². The number of primary amides is 1. The van der Waals surface area contributed by atoms with E-state index in [0.29, 0.717) is 5.82 Å². The van der Waals surface area contributed by atoms with Crippen molar-refractivity contribution in [2.75, 3.05) is 0 Å². The van der Waals surface area contributed by atoms with Crippen LogP contribution in [-0.4, -0.2) is 30.5 Å². The molecule has 8 heteroatoms. The Morgan fingerprint density at radius 1 is 1.38 bits per heavy atom. The second kappa shape index (κ2) is 5.86. The summed E-state index contributed by atoms with van der Waals surface area (Å²) in [7, 11) is 1.86. The smallest absolute Gasteiger partial charge is 0.225 e. The third-order valence-electron chi connectivity index (χ3n) is 4.23. The van der Waals surface area contributed by atoms with Crippen LogP contribution >= 0.6 is 11.3 Å². The zero-order valence-corrected chi connectivity index (χ0v) is 14.2. The Morgan fingerprint density at radius 2 is 2.21 bits per heavy atom. The van der Waals surface area contributed by atoms with Crippen LogP contribution < -0.4 is 5.73 Å². The van der Waals surface area contributed by atoms with Crippen LogP contribution in [0.5, 0.6) is 0 Å². The van der Waals surface area contributed by atoms with Crippen molar-refractivity contribution in [3.8, 4) is 16.4 Å². The summed E-state index contributed by atoms with van der Waals surface area (Å²) in [6.07, 6.45) is 8.30. The largest absolute Gasteiger partial charge is 0.369 e. The van der Waals surface area contributed by atoms with E-state index in [1.54, 1.807) is 26.9 Å². The quantitative estimate of drug-likeness (QED) is 0.780. The first-order valence-electron chi connectivity index (χ1n) is 7.94. The summed E-state index contributed by atoms with van der Waals surface area (Å²) in [5, 5.41) is 10.9. The van der Waals surface area contributed by atoms with Gasteiger partial charge >= 0.3 is 0 Å². The number of fused-ring (bicyclic) bond motifs is 1. The highest BCUT2D eigenvalue weighted by Crippen LogP contribution is 2.37. The zero-order chi connectivity index (χ0) is 16.7. The summed E-state index contributed by atoms with van der Waals surface area (Å²) in [6.45, 7) is 0. The van der Waals surface area contributed by atoms with Crippen molar-refractivity contribution in [1.29, 1.82) is 0 Å². The second-order valence-electron chi connectivity index (χ2n) is 6.05. The van der Waals surface area contributed by atoms with Gasteiger partial charge < -0.3 is 5.73 Å². The van der Waals surface area contributed by atoms with Gasteiger partial charge in [0.05, 0.1) is 23.7 Å². The normalized spacial score (nSPS) is 13.9. The number of nitrogens with two attached hydrogens (primary N) is 1. The minimum atomic E-state index is -0.432. The van der Waals surface area contributed by atoms with E-state index in [2.05, 4.69) is 20.6 Å². The van der Waals surface area contributed by atoms with E-state index < -0.39 is 5.91 Å². The van der Waals surface area contributed by atoms with Crippen molar-refractivity contribution in [2.24, 2.45) is 12.8 Å². The molecule has 1 amide bonds. The van der Waals surface area contributed by atoms with Crippen molar-refractivity contribution in [3.63, 3.8) is 0 Å². The van der Waals surface area contributed by atoms with Crippen molar-refractivity contribution in [3.05, 3.63) is 34.7 Å². The zero-order valence-electron chi connectivity index (χ0n) is 13.4. The average Bonchev–Trinajstić information content (AvgIpc) is 3.24. The molecule has 0 aliphatic heterocycles. The predicted octanol–water partition coefficient (Wildman–Crippen LogP) is 1.64. The molecule has 0 unspecified atom stereocenters. The fourth-order valence-corrected chi connectivity index (χ4v) is 4.27. The van der Waals surface area contributed by atoms with E-state index in [1.807, 2.05) is 13.2 Å². The number of carbonyl (C=O) groups is 1. The Balaban J connectivity index is 1.85. The monoisotopic (exact) mass is 342 g/mol. The van der Waals surface area contributed by atoms with Gasteiger partial charge in [0.2, 0.25) is 5.91 Å². The van der Waals surface area contributed by atoms with E-state index in [0.717, 1.165) is 29.2 Å². The molecular weight excluding hydrogens is 324 g/mol. The van der Waals surface area contributed by atoms with Crippen LogP contribution in [0.25, 0.3) is 16.4 Å². The molecule has 0 aromatic carbocycles. The fourth-order valence-electron chi connectivity index (χ4n) is 3.14. The van der Waals surface area contributed by atoms with Crippen LogP contribution in [0.3, 0.4) is 0 Å². The standard InChI is InChI=1S/C16H18N6OS/c1-21-8-11(7-18-21)22-16(19-14(20-22)6-13(17)23)15-12-5-3-2-4-10(12)9-24-15/h7-9H,2-6H2,1H3,(H2,17,23). The molecule has 1 aliphatic carbocycles. The summed E-state index contributed by atoms with van der Waals surface area (Å²) in [4.78, 5) is 17.0. The third kappa shape index (κ3) is 2.62. The molecule has 3 aromatic heterocycles. The number of aryl methyl sites for hydroxylation is 2. The number of aromatic nitrogens is 5. The molecule has 0 bridgehead atoms. The van der Waals surface area contributed by atoms with Gasteiger partial charge in [-0.15, -0.1) is 11.3 Å². The SMILES string of the molecule is Cn1cc(-n2nc(CC(N)=O)nc2-c2scc3c2CCCC3)cn1. The molecule has 7 nitrogen and oxygen atoms in total. The molecule has 0 spiro atoms. The van der Waals surface area contributed by atoms with Gasteiger partial charge in [-0.05, 0) is 42.2 Å². The van der Waals surface area contributed by atoms with Crippen molar-refractivity contribution in [1.82, 2.24) is 24.5 Å². The first-order chi connectivity index (χ1) is 11.6. The Bertz CT molecular complexity index is 906. The van der Waals surface area contributed by atoms with Gasteiger partial charge in [0.15, 0.2) is 11.6 Å². The van der Waals surface area contributed by atoms with E-state index in [1.165, 1.54) is 24.0 Å². The number of amides is 1. The van der Waals surface area contributed by atoms with Crippen LogP contribution in [0, 0.1) is 0 Å². The van der Waals surface area contributed by atoms with Crippen LogP contribution in [-0.2, 0) is 31.1 Å². The van der Waals surface area contributed by atoms with Crippen molar-refractivity contribution >= 4 is 17.2 Å². The molecule has 0 saturated carbocycles. The average molecular weight is 342 g/mol. The predicted molar refractivity (Wildman–Crippen MR) is 91.0 cm³/mol. The Kier molecular flexibility index (Phi) is 3.68. The molecule has 0 atom stereocenters. The lowest BCUT2D eigenvalue weighted by Gasteiger charge is -2.12. The van der Waals surface area contributed by atoms with Gasteiger partial charge in [-0.1, -0.05) is 0 Å². The first-order valence-corrected chi connectivity index (χ1v) is 8.82. The number of carbonyl (C=O) groups excluding carboxylic acids is 1. The minimum absolute atomic E-state index is 0.0355. The molecule has 3 aromatic rings. The van der Waals surface area contributed by atoms with E-state index in [-0.39, 0.29) is 6.42 Å². The Labute approximate surface area is 143 Å². The van der Waals surface area contributed by atoms with Crippen LogP contribution in [0.1, 0.15) is 29.8 Å². The molecule has 0 radical (unpaired) electrons. The molecule has 24 heavy (non-hydrogen) atoms. The molecule has 0 fully saturated rings. The molecular formula is C16H18N6OS. The highest BCUT2D eigenvalue weighted by atomic mass is 32.1. The number of nitrogens with zero attached hydrogens (tertiary/aromatic N) is 5. The van der Waals surface area contributed by atoms with Gasteiger partial charge in [0, 0.05) is 7.05 Å². The lowest BCUT2D eigenvalue weighted by Crippen LogP contribution is -2.14. The second-order valence-corrected chi connectivity index (χ2v) is 6.93. The number of hydrogen-bond donors (Lipinski definition) is 1. The van der Waals surface area contributed by atoms with Gasteiger partial charge in [0.25, 0.3) is 0 Å². The van der Waals surface area contributed by atoms with Gasteiger partial charge in [-0.2, -0.15) is 10.2 Å². The highest BCUT2D eigenvalue weighted by Gasteiger charge is 2.23. The van der Waals surface area contributed by atoms with Gasteiger partial charge in [-0.25, -0.2) is 9.67 Å². The molecule has 4 rings (SSSR count). The molecule has 3 heterocycles. The first kappa shape index (κ1) is 15.1. The summed E-state index contributed by atoms with van der Waals surface area (Å²) in [5.41, 5.74) is 8.93. The van der Waals surface area contributed by atoms with E-state index >= 15 is 0 Å². The maximum absolute atomic E-state index is 11.3. The molecule has 124 valence electrons. The maximum atomic E-state index is 11.3. The van der Waals surface area contributed by atoms with Crippen LogP contribution in [0.15, 0.2) is 17.8 Å². The van der Waals surface area contributed by atoms with Gasteiger partial charge in [-0.3, -0.25) is 9.48 Å². The van der Waals surface area contributed by atoms with Crippen molar-refractivity contribution in [2.45, 2.75) is 32.1 Å². The number of thiophene rings is 1. The van der Waals surface area contributed by atoms with E-state index in [4.69, 9.17) is 5.73 Å². The molecule has 1 aliphatic rings. The number of rotatable bonds is 4. The molecule has 0 saturated heterocycles. The lowest BCUT2D eigenvalue weighted by atomic mass is 9.94. The summed E-state index contributed by atoms with van der Waals surface area (Å²) in [5.74, 6) is 0.782. The summed E-state index contributed by atoms with van der Waals surface area (Å²) in [6, 6.07) is 0. The minimum Gasteiger partial charge on any atom is -0.369 e. The summed E-state index contributed by atoms with van der Waals surface area (Å²) < 4.78 is 3.49. The fraction of sp³-hybridized carbons (Fsp3) is 0.375. The lowest BCUT2D eigenvalue weighted by molar-refractivity contribution is -0.117. The molecule has 2 N–H and O–H groups in total. The number of hydrogen-bond acceptors (Lipinski definition) is 5. The Morgan fingerprint density at radius 3 is 2.96 bits per heavy atom.